The minimum absolute atomic E-state index is 0.342. The largest absolute Gasteiger partial charge is 0.493 e. The zero-order valence-electron chi connectivity index (χ0n) is 10.1. The van der Waals surface area contributed by atoms with E-state index < -0.39 is 6.10 Å². The Morgan fingerprint density at radius 3 is 2.89 bits per heavy atom. The molecule has 98 valence electrons. The number of ether oxygens (including phenoxy) is 1. The van der Waals surface area contributed by atoms with Crippen LogP contribution in [0.5, 0.6) is 5.75 Å². The normalized spacial score (nSPS) is 14.9. The van der Waals surface area contributed by atoms with Gasteiger partial charge in [0.05, 0.1) is 11.1 Å². The van der Waals surface area contributed by atoms with E-state index in [4.69, 9.17) is 4.74 Å². The summed E-state index contributed by atoms with van der Waals surface area (Å²) in [6.45, 7) is 0.645. The first-order valence-corrected chi connectivity index (χ1v) is 6.83. The van der Waals surface area contributed by atoms with Gasteiger partial charge in [-0.15, -0.1) is 0 Å². The topological polar surface area (TPSA) is 29.5 Å². The third-order valence-corrected chi connectivity index (χ3v) is 3.91. The van der Waals surface area contributed by atoms with Gasteiger partial charge < -0.3 is 9.84 Å². The fraction of sp³-hybridized carbons (Fsp3) is 0.200. The van der Waals surface area contributed by atoms with Crippen LogP contribution in [0, 0.1) is 5.82 Å². The summed E-state index contributed by atoms with van der Waals surface area (Å²) in [6, 6.07) is 10.3. The zero-order chi connectivity index (χ0) is 13.4. The third kappa shape index (κ3) is 2.26. The maximum absolute atomic E-state index is 13.2. The number of fused-ring (bicyclic) bond motifs is 1. The van der Waals surface area contributed by atoms with Crippen molar-refractivity contribution < 1.29 is 14.2 Å². The molecule has 0 spiro atoms. The molecular weight excluding hydrogens is 311 g/mol. The van der Waals surface area contributed by atoms with Crippen molar-refractivity contribution in [2.75, 3.05) is 6.61 Å². The van der Waals surface area contributed by atoms with Crippen LogP contribution in [0.1, 0.15) is 22.8 Å². The number of hydrogen-bond acceptors (Lipinski definition) is 2. The van der Waals surface area contributed by atoms with Gasteiger partial charge in [0.1, 0.15) is 17.7 Å². The molecule has 0 radical (unpaired) electrons. The molecule has 4 heteroatoms. The van der Waals surface area contributed by atoms with Gasteiger partial charge in [0.25, 0.3) is 0 Å². The quantitative estimate of drug-likeness (QED) is 0.915. The van der Waals surface area contributed by atoms with Crippen molar-refractivity contribution in [3.8, 4) is 5.75 Å². The lowest BCUT2D eigenvalue weighted by molar-refractivity contribution is 0.213. The molecule has 2 nitrogen and oxygen atoms in total. The molecule has 0 fully saturated rings. The van der Waals surface area contributed by atoms with Crippen molar-refractivity contribution in [1.82, 2.24) is 0 Å². The summed E-state index contributed by atoms with van der Waals surface area (Å²) in [6.07, 6.45) is 0.0492. The molecule has 0 bridgehead atoms. The Balaban J connectivity index is 2.02. The smallest absolute Gasteiger partial charge is 0.137 e. The number of para-hydroxylation sites is 1. The lowest BCUT2D eigenvalue weighted by Crippen LogP contribution is -2.02. The monoisotopic (exact) mass is 322 g/mol. The van der Waals surface area contributed by atoms with E-state index in [1.165, 1.54) is 6.07 Å². The van der Waals surface area contributed by atoms with Crippen LogP contribution >= 0.6 is 15.9 Å². The maximum Gasteiger partial charge on any atom is 0.137 e. The Bertz CT molecular complexity index is 628. The zero-order valence-corrected chi connectivity index (χ0v) is 11.7. The summed E-state index contributed by atoms with van der Waals surface area (Å²) in [5.74, 6) is 0.418. The fourth-order valence-electron chi connectivity index (χ4n) is 2.32. The SMILES string of the molecule is OC(c1ccc(F)c(Br)c1)c1cccc2c1OCC2. The fourth-order valence-corrected chi connectivity index (χ4v) is 2.71. The lowest BCUT2D eigenvalue weighted by atomic mass is 9.98. The second kappa shape index (κ2) is 4.94. The second-order valence-corrected chi connectivity index (χ2v) is 5.36. The number of rotatable bonds is 2. The lowest BCUT2D eigenvalue weighted by Gasteiger charge is -2.15. The average molecular weight is 323 g/mol. The van der Waals surface area contributed by atoms with Gasteiger partial charge in [-0.25, -0.2) is 4.39 Å². The van der Waals surface area contributed by atoms with Crippen LogP contribution in [0.4, 0.5) is 4.39 Å². The predicted molar refractivity (Wildman–Crippen MR) is 73.8 cm³/mol. The molecular formula is C15H12BrFO2. The van der Waals surface area contributed by atoms with Crippen LogP contribution in [0.2, 0.25) is 0 Å². The van der Waals surface area contributed by atoms with Crippen molar-refractivity contribution >= 4 is 15.9 Å². The van der Waals surface area contributed by atoms with E-state index in [0.29, 0.717) is 16.6 Å². The summed E-state index contributed by atoms with van der Waals surface area (Å²) < 4.78 is 19.2. The highest BCUT2D eigenvalue weighted by atomic mass is 79.9. The molecule has 0 aliphatic carbocycles. The summed E-state index contributed by atoms with van der Waals surface area (Å²) >= 11 is 3.13. The standard InChI is InChI=1S/C15H12BrFO2/c16-12-8-10(4-5-13(12)17)14(18)11-3-1-2-9-6-7-19-15(9)11/h1-5,8,14,18H,6-7H2. The second-order valence-electron chi connectivity index (χ2n) is 4.51. The van der Waals surface area contributed by atoms with Crippen LogP contribution in [-0.4, -0.2) is 11.7 Å². The maximum atomic E-state index is 13.2. The molecule has 1 heterocycles. The van der Waals surface area contributed by atoms with Crippen LogP contribution in [0.15, 0.2) is 40.9 Å². The third-order valence-electron chi connectivity index (χ3n) is 3.30. The first-order chi connectivity index (χ1) is 9.16. The highest BCUT2D eigenvalue weighted by molar-refractivity contribution is 9.10. The molecule has 1 aliphatic rings. The van der Waals surface area contributed by atoms with Crippen molar-refractivity contribution in [3.63, 3.8) is 0 Å². The molecule has 1 atom stereocenters. The van der Waals surface area contributed by atoms with Crippen molar-refractivity contribution in [1.29, 1.82) is 0 Å². The van der Waals surface area contributed by atoms with E-state index in [-0.39, 0.29) is 5.82 Å². The van der Waals surface area contributed by atoms with E-state index in [2.05, 4.69) is 15.9 Å². The van der Waals surface area contributed by atoms with E-state index >= 15 is 0 Å². The molecule has 0 saturated carbocycles. The van der Waals surface area contributed by atoms with Crippen LogP contribution in [-0.2, 0) is 6.42 Å². The van der Waals surface area contributed by atoms with Crippen LogP contribution in [0.25, 0.3) is 0 Å². The predicted octanol–water partition coefficient (Wildman–Crippen LogP) is 3.60. The number of hydrogen-bond donors (Lipinski definition) is 1. The van der Waals surface area contributed by atoms with Gasteiger partial charge in [-0.3, -0.25) is 0 Å². The summed E-state index contributed by atoms with van der Waals surface area (Å²) in [7, 11) is 0. The summed E-state index contributed by atoms with van der Waals surface area (Å²) in [5, 5.41) is 10.4. The van der Waals surface area contributed by atoms with E-state index in [1.807, 2.05) is 18.2 Å². The number of aliphatic hydroxyl groups excluding tert-OH is 1. The highest BCUT2D eigenvalue weighted by Gasteiger charge is 2.22. The van der Waals surface area contributed by atoms with E-state index in [1.54, 1.807) is 12.1 Å². The Labute approximate surface area is 119 Å². The summed E-state index contributed by atoms with van der Waals surface area (Å²) in [4.78, 5) is 0. The van der Waals surface area contributed by atoms with Gasteiger partial charge in [0.15, 0.2) is 0 Å². The van der Waals surface area contributed by atoms with Gasteiger partial charge in [-0.2, -0.15) is 0 Å². The Morgan fingerprint density at radius 1 is 1.26 bits per heavy atom. The number of aliphatic hydroxyl groups is 1. The van der Waals surface area contributed by atoms with Gasteiger partial charge in [-0.05, 0) is 39.2 Å². The van der Waals surface area contributed by atoms with Crippen LogP contribution in [0.3, 0.4) is 0 Å². The first kappa shape index (κ1) is 12.6. The van der Waals surface area contributed by atoms with Crippen molar-refractivity contribution in [2.45, 2.75) is 12.5 Å². The molecule has 0 saturated heterocycles. The number of halogens is 2. The highest BCUT2D eigenvalue weighted by Crippen LogP contribution is 2.36. The van der Waals surface area contributed by atoms with E-state index in [0.717, 1.165) is 23.3 Å². The average Bonchev–Trinajstić information content (AvgIpc) is 2.89. The van der Waals surface area contributed by atoms with E-state index in [9.17, 15) is 9.50 Å². The number of benzene rings is 2. The molecule has 1 aliphatic heterocycles. The molecule has 19 heavy (non-hydrogen) atoms. The molecule has 1 N–H and O–H groups in total. The van der Waals surface area contributed by atoms with Gasteiger partial charge in [0.2, 0.25) is 0 Å². The Hall–Kier alpha value is -1.39. The minimum Gasteiger partial charge on any atom is -0.493 e. The molecule has 0 amide bonds. The molecule has 2 aromatic carbocycles. The van der Waals surface area contributed by atoms with Crippen molar-refractivity contribution in [2.24, 2.45) is 0 Å². The molecule has 3 rings (SSSR count). The first-order valence-electron chi connectivity index (χ1n) is 6.04. The van der Waals surface area contributed by atoms with Gasteiger partial charge >= 0.3 is 0 Å². The molecule has 1 unspecified atom stereocenters. The van der Waals surface area contributed by atoms with Crippen LogP contribution < -0.4 is 4.74 Å². The molecule has 0 aromatic heterocycles. The Kier molecular flexibility index (Phi) is 3.29. The van der Waals surface area contributed by atoms with Crippen molar-refractivity contribution in [3.05, 3.63) is 63.4 Å². The van der Waals surface area contributed by atoms with Gasteiger partial charge in [0, 0.05) is 12.0 Å². The molecule has 2 aromatic rings. The minimum atomic E-state index is -0.815. The van der Waals surface area contributed by atoms with Gasteiger partial charge in [-0.1, -0.05) is 24.3 Å². The summed E-state index contributed by atoms with van der Waals surface area (Å²) in [5.41, 5.74) is 2.48. The Morgan fingerprint density at radius 2 is 2.11 bits per heavy atom.